The molecule has 0 saturated carbocycles. The Morgan fingerprint density at radius 2 is 1.45 bits per heavy atom. The lowest BCUT2D eigenvalue weighted by Crippen LogP contribution is -2.24. The second-order valence-electron chi connectivity index (χ2n) is 6.68. The summed E-state index contributed by atoms with van der Waals surface area (Å²) in [5.41, 5.74) is 2.77. The summed E-state index contributed by atoms with van der Waals surface area (Å²) in [5, 5.41) is 2.76. The van der Waals surface area contributed by atoms with Crippen LogP contribution in [0.15, 0.2) is 78.9 Å². The first-order valence-electron chi connectivity index (χ1n) is 9.22. The molecule has 0 unspecified atom stereocenters. The fraction of sp³-hybridized carbons (Fsp3) is 0.125. The van der Waals surface area contributed by atoms with Crippen molar-refractivity contribution in [1.29, 1.82) is 0 Å². The van der Waals surface area contributed by atoms with Gasteiger partial charge in [-0.15, -0.1) is 0 Å². The van der Waals surface area contributed by atoms with Crippen molar-refractivity contribution >= 4 is 23.3 Å². The van der Waals surface area contributed by atoms with Crippen LogP contribution in [-0.2, 0) is 4.74 Å². The number of hydrogen-bond acceptors (Lipinski definition) is 4. The van der Waals surface area contributed by atoms with Crippen LogP contribution in [0.3, 0.4) is 0 Å². The number of aryl methyl sites for hydroxylation is 1. The summed E-state index contributed by atoms with van der Waals surface area (Å²) < 4.78 is 5.31. The first-order valence-corrected chi connectivity index (χ1v) is 9.22. The molecule has 1 amide bonds. The zero-order valence-electron chi connectivity index (χ0n) is 16.2. The van der Waals surface area contributed by atoms with Gasteiger partial charge in [-0.05, 0) is 44.2 Å². The average molecular weight is 387 g/mol. The van der Waals surface area contributed by atoms with Gasteiger partial charge in [0.25, 0.3) is 5.91 Å². The third kappa shape index (κ3) is 5.17. The van der Waals surface area contributed by atoms with E-state index in [2.05, 4.69) is 5.32 Å². The first kappa shape index (κ1) is 20.0. The van der Waals surface area contributed by atoms with Gasteiger partial charge in [-0.3, -0.25) is 9.59 Å². The molecule has 0 aliphatic carbocycles. The summed E-state index contributed by atoms with van der Waals surface area (Å²) in [7, 11) is 0. The fourth-order valence-electron chi connectivity index (χ4n) is 2.75. The predicted octanol–water partition coefficient (Wildman–Crippen LogP) is 4.68. The molecule has 3 aromatic rings. The standard InChI is InChI=1S/C24H21NO4/c1-16-11-13-19(14-12-16)23(27)25-21-10-6-9-20(15-21)24(28)29-17(2)22(26)18-7-4-3-5-8-18/h3-15,17H,1-2H3,(H,25,27)/t17-/m1/s1. The minimum Gasteiger partial charge on any atom is -0.451 e. The molecule has 146 valence electrons. The van der Waals surface area contributed by atoms with Crippen molar-refractivity contribution in [3.63, 3.8) is 0 Å². The van der Waals surface area contributed by atoms with Crippen LogP contribution in [0.25, 0.3) is 0 Å². The first-order chi connectivity index (χ1) is 13.9. The van der Waals surface area contributed by atoms with Crippen molar-refractivity contribution in [1.82, 2.24) is 0 Å². The zero-order valence-corrected chi connectivity index (χ0v) is 16.2. The van der Waals surface area contributed by atoms with Gasteiger partial charge in [-0.25, -0.2) is 4.79 Å². The number of anilines is 1. The highest BCUT2D eigenvalue weighted by molar-refractivity contribution is 6.05. The van der Waals surface area contributed by atoms with Gasteiger partial charge in [0.1, 0.15) is 0 Å². The van der Waals surface area contributed by atoms with Crippen molar-refractivity contribution in [2.45, 2.75) is 20.0 Å². The molecule has 5 heteroatoms. The Hall–Kier alpha value is -3.73. The number of esters is 1. The monoisotopic (exact) mass is 387 g/mol. The lowest BCUT2D eigenvalue weighted by Gasteiger charge is -2.13. The van der Waals surface area contributed by atoms with Gasteiger partial charge in [-0.2, -0.15) is 0 Å². The van der Waals surface area contributed by atoms with Gasteiger partial charge in [0, 0.05) is 16.8 Å². The molecular formula is C24H21NO4. The van der Waals surface area contributed by atoms with E-state index in [0.717, 1.165) is 5.56 Å². The van der Waals surface area contributed by atoms with Crippen LogP contribution in [0.5, 0.6) is 0 Å². The van der Waals surface area contributed by atoms with Crippen molar-refractivity contribution < 1.29 is 19.1 Å². The Kier molecular flexibility index (Phi) is 6.19. The Balaban J connectivity index is 1.66. The highest BCUT2D eigenvalue weighted by Crippen LogP contribution is 2.15. The van der Waals surface area contributed by atoms with Crippen LogP contribution in [0.4, 0.5) is 5.69 Å². The SMILES string of the molecule is Cc1ccc(C(=O)Nc2cccc(C(=O)O[C@H](C)C(=O)c3ccccc3)c2)cc1. The summed E-state index contributed by atoms with van der Waals surface area (Å²) in [4.78, 5) is 37.2. The number of ether oxygens (including phenoxy) is 1. The van der Waals surface area contributed by atoms with Gasteiger partial charge < -0.3 is 10.1 Å². The summed E-state index contributed by atoms with van der Waals surface area (Å²) in [5.74, 6) is -1.18. The second kappa shape index (κ2) is 8.97. The summed E-state index contributed by atoms with van der Waals surface area (Å²) >= 11 is 0. The van der Waals surface area contributed by atoms with Crippen molar-refractivity contribution in [2.75, 3.05) is 5.32 Å². The third-order valence-corrected chi connectivity index (χ3v) is 4.38. The molecule has 3 rings (SSSR count). The van der Waals surface area contributed by atoms with Crippen LogP contribution in [-0.4, -0.2) is 23.8 Å². The lowest BCUT2D eigenvalue weighted by molar-refractivity contribution is 0.0319. The Labute approximate surface area is 169 Å². The number of rotatable bonds is 6. The molecule has 0 aromatic heterocycles. The number of nitrogens with one attached hydrogen (secondary N) is 1. The quantitative estimate of drug-likeness (QED) is 0.493. The van der Waals surface area contributed by atoms with E-state index in [1.165, 1.54) is 13.0 Å². The Morgan fingerprint density at radius 1 is 0.793 bits per heavy atom. The highest BCUT2D eigenvalue weighted by atomic mass is 16.5. The number of carbonyl (C=O) groups is 3. The van der Waals surface area contributed by atoms with Gasteiger partial charge in [0.2, 0.25) is 5.78 Å². The van der Waals surface area contributed by atoms with E-state index in [4.69, 9.17) is 4.74 Å². The van der Waals surface area contributed by atoms with Crippen LogP contribution < -0.4 is 5.32 Å². The average Bonchev–Trinajstić information content (AvgIpc) is 2.74. The molecule has 1 N–H and O–H groups in total. The zero-order chi connectivity index (χ0) is 20.8. The molecule has 5 nitrogen and oxygen atoms in total. The van der Waals surface area contributed by atoms with Crippen molar-refractivity contribution in [3.8, 4) is 0 Å². The van der Waals surface area contributed by atoms with Crippen LogP contribution in [0.1, 0.15) is 43.6 Å². The Bertz CT molecular complexity index is 1030. The largest absolute Gasteiger partial charge is 0.451 e. The molecule has 0 bridgehead atoms. The van der Waals surface area contributed by atoms with Crippen LogP contribution in [0.2, 0.25) is 0 Å². The third-order valence-electron chi connectivity index (χ3n) is 4.38. The minimum atomic E-state index is -0.921. The van der Waals surface area contributed by atoms with Crippen molar-refractivity contribution in [2.24, 2.45) is 0 Å². The number of benzene rings is 3. The van der Waals surface area contributed by atoms with E-state index in [0.29, 0.717) is 16.8 Å². The molecule has 0 saturated heterocycles. The topological polar surface area (TPSA) is 72.5 Å². The maximum atomic E-state index is 12.4. The van der Waals surface area contributed by atoms with Gasteiger partial charge in [0.05, 0.1) is 5.56 Å². The van der Waals surface area contributed by atoms with E-state index < -0.39 is 12.1 Å². The van der Waals surface area contributed by atoms with Crippen molar-refractivity contribution in [3.05, 3.63) is 101 Å². The number of ketones is 1. The van der Waals surface area contributed by atoms with Gasteiger partial charge >= 0.3 is 5.97 Å². The van der Waals surface area contributed by atoms with E-state index in [9.17, 15) is 14.4 Å². The summed E-state index contributed by atoms with van der Waals surface area (Å²) in [6, 6.07) is 22.3. The molecule has 1 atom stereocenters. The smallest absolute Gasteiger partial charge is 0.338 e. The highest BCUT2D eigenvalue weighted by Gasteiger charge is 2.20. The minimum absolute atomic E-state index is 0.249. The van der Waals surface area contributed by atoms with Gasteiger partial charge in [-0.1, -0.05) is 54.1 Å². The molecule has 0 fully saturated rings. The predicted molar refractivity (Wildman–Crippen MR) is 111 cm³/mol. The fourth-order valence-corrected chi connectivity index (χ4v) is 2.75. The number of Topliss-reactive ketones (excluding diaryl/α,β-unsaturated/α-hetero) is 1. The molecule has 0 spiro atoms. The van der Waals surface area contributed by atoms with E-state index in [1.807, 2.05) is 25.1 Å². The summed E-state index contributed by atoms with van der Waals surface area (Å²) in [6.07, 6.45) is -0.921. The van der Waals surface area contributed by atoms with Crippen LogP contribution in [0, 0.1) is 6.92 Å². The van der Waals surface area contributed by atoms with Gasteiger partial charge in [0.15, 0.2) is 6.10 Å². The molecule has 29 heavy (non-hydrogen) atoms. The van der Waals surface area contributed by atoms with Crippen LogP contribution >= 0.6 is 0 Å². The second-order valence-corrected chi connectivity index (χ2v) is 6.68. The Morgan fingerprint density at radius 3 is 2.14 bits per heavy atom. The maximum Gasteiger partial charge on any atom is 0.338 e. The summed E-state index contributed by atoms with van der Waals surface area (Å²) in [6.45, 7) is 3.48. The number of amides is 1. The van der Waals surface area contributed by atoms with E-state index >= 15 is 0 Å². The molecule has 0 aliphatic heterocycles. The molecule has 0 radical (unpaired) electrons. The maximum absolute atomic E-state index is 12.4. The number of carbonyl (C=O) groups excluding carboxylic acids is 3. The van der Waals surface area contributed by atoms with E-state index in [-0.39, 0.29) is 17.3 Å². The molecule has 0 heterocycles. The normalized spacial score (nSPS) is 11.4. The molecule has 0 aliphatic rings. The number of hydrogen-bond donors (Lipinski definition) is 1. The van der Waals surface area contributed by atoms with E-state index in [1.54, 1.807) is 54.6 Å². The molecular weight excluding hydrogens is 366 g/mol. The lowest BCUT2D eigenvalue weighted by atomic mass is 10.1. The molecule has 3 aromatic carbocycles.